The van der Waals surface area contributed by atoms with Gasteiger partial charge in [0.1, 0.15) is 0 Å². The first-order chi connectivity index (χ1) is 14.4. The van der Waals surface area contributed by atoms with Crippen molar-refractivity contribution in [3.05, 3.63) is 95.6 Å². The van der Waals surface area contributed by atoms with Gasteiger partial charge >= 0.3 is 0 Å². The first-order valence-electron chi connectivity index (χ1n) is 11.0. The number of nitrogens with zero attached hydrogens (tertiary/aromatic N) is 1. The molecule has 0 aliphatic heterocycles. The van der Waals surface area contributed by atoms with Crippen LogP contribution in [0.25, 0.3) is 11.1 Å². The Hall–Kier alpha value is -2.87. The van der Waals surface area contributed by atoms with Crippen LogP contribution in [0.4, 0.5) is 0 Å². The second-order valence-corrected chi connectivity index (χ2v) is 8.32. The fourth-order valence-corrected chi connectivity index (χ4v) is 4.93. The minimum Gasteiger partial charge on any atom is -0.307 e. The molecule has 5 rings (SSSR count). The van der Waals surface area contributed by atoms with Gasteiger partial charge in [0.25, 0.3) is 0 Å². The normalized spacial score (nSPS) is 17.0. The van der Waals surface area contributed by atoms with Crippen LogP contribution in [-0.2, 0) is 0 Å². The molecule has 2 aliphatic rings. The standard InChI is InChI=1S/C27H28N2/c1-3-11-20(12-4-1)27(29-28-21-13-5-2-6-14-21)19-26-24-17-9-7-15-22(24)23-16-8-10-18-25(23)26/h1,3-4,7-12,15-18,21,26,28H,2,5-6,13-14,19H2. The summed E-state index contributed by atoms with van der Waals surface area (Å²) in [6.07, 6.45) is 7.39. The predicted octanol–water partition coefficient (Wildman–Crippen LogP) is 6.52. The lowest BCUT2D eigenvalue weighted by molar-refractivity contribution is 0.380. The number of fused-ring (bicyclic) bond motifs is 3. The molecule has 1 saturated carbocycles. The molecule has 0 atom stereocenters. The van der Waals surface area contributed by atoms with E-state index in [9.17, 15) is 0 Å². The van der Waals surface area contributed by atoms with Crippen LogP contribution in [0.3, 0.4) is 0 Å². The maximum Gasteiger partial charge on any atom is 0.0684 e. The Kier molecular flexibility index (Phi) is 5.17. The van der Waals surface area contributed by atoms with E-state index < -0.39 is 0 Å². The summed E-state index contributed by atoms with van der Waals surface area (Å²) in [5.41, 5.74) is 11.5. The summed E-state index contributed by atoms with van der Waals surface area (Å²) in [7, 11) is 0. The molecule has 3 aromatic rings. The highest BCUT2D eigenvalue weighted by Crippen LogP contribution is 2.46. The van der Waals surface area contributed by atoms with Crippen molar-refractivity contribution in [1.82, 2.24) is 5.43 Å². The van der Waals surface area contributed by atoms with Gasteiger partial charge < -0.3 is 5.43 Å². The molecular formula is C27H28N2. The van der Waals surface area contributed by atoms with Crippen LogP contribution in [0.2, 0.25) is 0 Å². The molecule has 1 fully saturated rings. The number of benzene rings is 3. The lowest BCUT2D eigenvalue weighted by Gasteiger charge is -2.22. The molecule has 3 aromatic carbocycles. The monoisotopic (exact) mass is 380 g/mol. The van der Waals surface area contributed by atoms with Crippen LogP contribution in [0.5, 0.6) is 0 Å². The van der Waals surface area contributed by atoms with Crippen molar-refractivity contribution in [2.75, 3.05) is 0 Å². The summed E-state index contributed by atoms with van der Waals surface area (Å²) in [5.74, 6) is 0.356. The van der Waals surface area contributed by atoms with E-state index in [1.54, 1.807) is 0 Å². The molecular weight excluding hydrogens is 352 g/mol. The van der Waals surface area contributed by atoms with E-state index in [0.717, 1.165) is 12.1 Å². The van der Waals surface area contributed by atoms with E-state index in [1.165, 1.54) is 59.9 Å². The van der Waals surface area contributed by atoms with E-state index in [2.05, 4.69) is 84.3 Å². The molecule has 0 saturated heterocycles. The average Bonchev–Trinajstić information content (AvgIpc) is 3.12. The van der Waals surface area contributed by atoms with E-state index in [1.807, 2.05) is 0 Å². The van der Waals surface area contributed by atoms with Gasteiger partial charge in [0, 0.05) is 18.4 Å². The van der Waals surface area contributed by atoms with E-state index >= 15 is 0 Å². The molecule has 2 aliphatic carbocycles. The molecule has 0 bridgehead atoms. The Bertz CT molecular complexity index is 954. The minimum absolute atomic E-state index is 0.356. The lowest BCUT2D eigenvalue weighted by atomic mass is 9.89. The van der Waals surface area contributed by atoms with Crippen LogP contribution in [0.15, 0.2) is 84.0 Å². The second-order valence-electron chi connectivity index (χ2n) is 8.32. The van der Waals surface area contributed by atoms with Crippen molar-refractivity contribution in [1.29, 1.82) is 0 Å². The van der Waals surface area contributed by atoms with Gasteiger partial charge in [-0.2, -0.15) is 5.10 Å². The van der Waals surface area contributed by atoms with E-state index in [4.69, 9.17) is 5.10 Å². The second kappa shape index (κ2) is 8.24. The Morgan fingerprint density at radius 2 is 1.31 bits per heavy atom. The molecule has 146 valence electrons. The van der Waals surface area contributed by atoms with Crippen molar-refractivity contribution in [2.24, 2.45) is 5.10 Å². The number of hydrogen-bond donors (Lipinski definition) is 1. The quantitative estimate of drug-likeness (QED) is 0.396. The first kappa shape index (κ1) is 18.2. The van der Waals surface area contributed by atoms with Gasteiger partial charge in [0.15, 0.2) is 0 Å². The number of nitrogens with one attached hydrogen (secondary N) is 1. The van der Waals surface area contributed by atoms with Crippen LogP contribution < -0.4 is 5.43 Å². The van der Waals surface area contributed by atoms with Gasteiger partial charge in [0.2, 0.25) is 0 Å². The highest BCUT2D eigenvalue weighted by Gasteiger charge is 2.29. The van der Waals surface area contributed by atoms with Gasteiger partial charge in [-0.15, -0.1) is 0 Å². The minimum atomic E-state index is 0.356. The van der Waals surface area contributed by atoms with Crippen LogP contribution in [-0.4, -0.2) is 11.8 Å². The summed E-state index contributed by atoms with van der Waals surface area (Å²) in [6, 6.07) is 28.9. The zero-order chi connectivity index (χ0) is 19.5. The molecule has 0 spiro atoms. The molecule has 0 heterocycles. The average molecular weight is 381 g/mol. The highest BCUT2D eigenvalue weighted by atomic mass is 15.3. The SMILES string of the molecule is c1ccc(C(CC2c3ccccc3-c3ccccc32)=NNC2CCCCC2)cc1. The number of hydrazone groups is 1. The molecule has 2 heteroatoms. The largest absolute Gasteiger partial charge is 0.307 e. The Morgan fingerprint density at radius 3 is 1.97 bits per heavy atom. The van der Waals surface area contributed by atoms with Gasteiger partial charge in [0.05, 0.1) is 5.71 Å². The predicted molar refractivity (Wildman–Crippen MR) is 121 cm³/mol. The van der Waals surface area contributed by atoms with E-state index in [-0.39, 0.29) is 0 Å². The fourth-order valence-electron chi connectivity index (χ4n) is 4.93. The number of rotatable bonds is 5. The van der Waals surface area contributed by atoms with Gasteiger partial charge in [-0.3, -0.25) is 0 Å². The molecule has 0 amide bonds. The zero-order valence-electron chi connectivity index (χ0n) is 16.9. The molecule has 2 nitrogen and oxygen atoms in total. The van der Waals surface area contributed by atoms with Crippen LogP contribution >= 0.6 is 0 Å². The van der Waals surface area contributed by atoms with Crippen LogP contribution in [0.1, 0.15) is 61.1 Å². The first-order valence-corrected chi connectivity index (χ1v) is 11.0. The smallest absolute Gasteiger partial charge is 0.0684 e. The molecule has 29 heavy (non-hydrogen) atoms. The maximum atomic E-state index is 4.99. The van der Waals surface area contributed by atoms with Crippen molar-refractivity contribution in [2.45, 2.75) is 50.5 Å². The van der Waals surface area contributed by atoms with Crippen LogP contribution in [0, 0.1) is 0 Å². The van der Waals surface area contributed by atoms with Crippen molar-refractivity contribution in [3.63, 3.8) is 0 Å². The van der Waals surface area contributed by atoms with Crippen molar-refractivity contribution >= 4 is 5.71 Å². The third-order valence-electron chi connectivity index (χ3n) is 6.45. The maximum absolute atomic E-state index is 4.99. The summed E-state index contributed by atoms with van der Waals surface area (Å²) < 4.78 is 0. The Labute approximate surface area is 173 Å². The third-order valence-corrected chi connectivity index (χ3v) is 6.45. The topological polar surface area (TPSA) is 24.4 Å². The van der Waals surface area contributed by atoms with Gasteiger partial charge in [-0.1, -0.05) is 98.1 Å². The van der Waals surface area contributed by atoms with Crippen molar-refractivity contribution < 1.29 is 0 Å². The van der Waals surface area contributed by atoms with Gasteiger partial charge in [-0.25, -0.2) is 0 Å². The fraction of sp³-hybridized carbons (Fsp3) is 0.296. The Balaban J connectivity index is 1.49. The summed E-state index contributed by atoms with van der Waals surface area (Å²) in [6.45, 7) is 0. The summed E-state index contributed by atoms with van der Waals surface area (Å²) in [4.78, 5) is 0. The molecule has 0 aromatic heterocycles. The number of hydrogen-bond acceptors (Lipinski definition) is 2. The molecule has 0 unspecified atom stereocenters. The molecule has 0 radical (unpaired) electrons. The third kappa shape index (κ3) is 3.72. The lowest BCUT2D eigenvalue weighted by Crippen LogP contribution is -2.28. The van der Waals surface area contributed by atoms with Gasteiger partial charge in [-0.05, 0) is 40.7 Å². The zero-order valence-corrected chi connectivity index (χ0v) is 16.9. The van der Waals surface area contributed by atoms with E-state index in [0.29, 0.717) is 12.0 Å². The molecule has 1 N–H and O–H groups in total. The van der Waals surface area contributed by atoms with Crippen molar-refractivity contribution in [3.8, 4) is 11.1 Å². The Morgan fingerprint density at radius 1 is 0.724 bits per heavy atom. The summed E-state index contributed by atoms with van der Waals surface area (Å²) >= 11 is 0. The highest BCUT2D eigenvalue weighted by molar-refractivity contribution is 6.01. The summed E-state index contributed by atoms with van der Waals surface area (Å²) in [5, 5.41) is 4.99.